The number of nitrogens with one attached hydrogen (secondary N) is 2. The van der Waals surface area contributed by atoms with Crippen LogP contribution < -0.4 is 10.0 Å². The molecule has 0 saturated carbocycles. The first-order chi connectivity index (χ1) is 16.1. The van der Waals surface area contributed by atoms with Crippen molar-refractivity contribution in [3.05, 3.63) is 58.1 Å². The number of rotatable bonds is 7. The Balaban J connectivity index is 1.56. The lowest BCUT2D eigenvalue weighted by atomic mass is 9.71. The Labute approximate surface area is 207 Å². The number of benzene rings is 1. The van der Waals surface area contributed by atoms with Crippen molar-refractivity contribution in [2.45, 2.75) is 52.5 Å². The molecule has 0 bridgehead atoms. The van der Waals surface area contributed by atoms with Crippen LogP contribution in [-0.4, -0.2) is 27.6 Å². The number of pyridine rings is 1. The van der Waals surface area contributed by atoms with E-state index in [0.29, 0.717) is 16.5 Å². The van der Waals surface area contributed by atoms with E-state index in [1.807, 2.05) is 24.3 Å². The Kier molecular flexibility index (Phi) is 7.19. The first-order valence-corrected chi connectivity index (χ1v) is 13.9. The van der Waals surface area contributed by atoms with Crippen molar-refractivity contribution in [1.82, 2.24) is 10.3 Å². The maximum absolute atomic E-state index is 13.1. The van der Waals surface area contributed by atoms with Crippen molar-refractivity contribution in [2.24, 2.45) is 11.3 Å². The Morgan fingerprint density at radius 2 is 2.09 bits per heavy atom. The van der Waals surface area contributed by atoms with Gasteiger partial charge in [-0.25, -0.2) is 9.19 Å². The summed E-state index contributed by atoms with van der Waals surface area (Å²) in [7, 11) is -1.21. The quantitative estimate of drug-likeness (QED) is 0.439. The average molecular weight is 498 g/mol. The van der Waals surface area contributed by atoms with Gasteiger partial charge in [0.15, 0.2) is 0 Å². The largest absolute Gasteiger partial charge is 0.344 e. The average Bonchev–Trinajstić information content (AvgIpc) is 3.19. The number of aromatic nitrogens is 1. The zero-order chi connectivity index (χ0) is 24.5. The molecule has 1 aliphatic carbocycles. The first kappa shape index (κ1) is 24.5. The molecule has 0 spiro atoms. The molecule has 6 nitrogen and oxygen atoms in total. The fourth-order valence-corrected chi connectivity index (χ4v) is 5.96. The van der Waals surface area contributed by atoms with Crippen molar-refractivity contribution in [1.29, 1.82) is 0 Å². The molecule has 3 aromatic rings. The third-order valence-corrected chi connectivity index (χ3v) is 8.08. The van der Waals surface area contributed by atoms with E-state index in [1.54, 1.807) is 12.3 Å². The summed E-state index contributed by atoms with van der Waals surface area (Å²) < 4.78 is 14.3. The van der Waals surface area contributed by atoms with Crippen molar-refractivity contribution in [3.63, 3.8) is 0 Å². The number of fused-ring (bicyclic) bond motifs is 2. The summed E-state index contributed by atoms with van der Waals surface area (Å²) in [5, 5.41) is 3.99. The zero-order valence-electron chi connectivity index (χ0n) is 20.0. The number of hydrogen-bond acceptors (Lipinski definition) is 5. The van der Waals surface area contributed by atoms with E-state index in [-0.39, 0.29) is 17.7 Å². The number of thiophene rings is 1. The predicted molar refractivity (Wildman–Crippen MR) is 140 cm³/mol. The van der Waals surface area contributed by atoms with Gasteiger partial charge in [0.25, 0.3) is 5.91 Å². The monoisotopic (exact) mass is 497 g/mol. The van der Waals surface area contributed by atoms with Crippen LogP contribution in [0.1, 0.15) is 66.1 Å². The van der Waals surface area contributed by atoms with E-state index in [0.717, 1.165) is 47.0 Å². The second kappa shape index (κ2) is 9.96. The minimum Gasteiger partial charge on any atom is -0.344 e. The molecule has 2 N–H and O–H groups in total. The minimum atomic E-state index is -1.21. The molecule has 1 unspecified atom stereocenters. The lowest BCUT2D eigenvalue weighted by Gasteiger charge is -2.34. The molecule has 2 heterocycles. The maximum atomic E-state index is 13.1. The van der Waals surface area contributed by atoms with Gasteiger partial charge in [0, 0.05) is 29.4 Å². The molecule has 8 heteroatoms. The van der Waals surface area contributed by atoms with E-state index < -0.39 is 17.0 Å². The summed E-state index contributed by atoms with van der Waals surface area (Å²) in [5.41, 5.74) is 4.16. The summed E-state index contributed by atoms with van der Waals surface area (Å²) in [6.07, 6.45) is 5.63. The van der Waals surface area contributed by atoms with E-state index in [4.69, 9.17) is 4.98 Å². The second-order valence-electron chi connectivity index (χ2n) is 10.0. The van der Waals surface area contributed by atoms with Gasteiger partial charge in [-0.3, -0.25) is 4.79 Å². The molecule has 1 aromatic carbocycles. The molecular formula is C26H31N3O3S2. The molecule has 0 aliphatic heterocycles. The molecule has 180 valence electrons. The smallest absolute Gasteiger partial charge is 0.261 e. The van der Waals surface area contributed by atoms with Gasteiger partial charge in [-0.05, 0) is 66.0 Å². The SMILES string of the molecule is CS(=O)Nc1cccc([C@@H](CC=O)NC(=O)c2cc3cc4c(nc3s2)CC[C@H](C(C)(C)C)C4)c1. The Morgan fingerprint density at radius 1 is 1.29 bits per heavy atom. The van der Waals surface area contributed by atoms with E-state index in [9.17, 15) is 13.8 Å². The third kappa shape index (κ3) is 5.55. The van der Waals surface area contributed by atoms with Crippen molar-refractivity contribution in [3.8, 4) is 0 Å². The standard InChI is InChI=1S/C26H31N3O3S2/c1-26(2,3)19-8-9-21-17(13-19)12-18-15-23(33-25(18)28-21)24(31)27-22(10-11-30)16-6-5-7-20(14-16)29-34(4)32/h5-7,11-12,14-15,19,22,29H,8-10,13H2,1-4H3,(H,27,31)/t19-,22+,34?/m0/s1. The summed E-state index contributed by atoms with van der Waals surface area (Å²) in [4.78, 5) is 30.8. The molecule has 3 atom stereocenters. The van der Waals surface area contributed by atoms with Crippen LogP contribution in [0.2, 0.25) is 0 Å². The fraction of sp³-hybridized carbons (Fsp3) is 0.423. The van der Waals surface area contributed by atoms with Gasteiger partial charge in [-0.1, -0.05) is 32.9 Å². The zero-order valence-corrected chi connectivity index (χ0v) is 21.6. The molecular weight excluding hydrogens is 466 g/mol. The number of hydrogen-bond donors (Lipinski definition) is 2. The molecule has 34 heavy (non-hydrogen) atoms. The Hall–Kier alpha value is -2.58. The Bertz CT molecular complexity index is 1250. The summed E-state index contributed by atoms with van der Waals surface area (Å²) in [6, 6.07) is 10.9. The fourth-order valence-electron chi connectivity index (χ4n) is 4.56. The van der Waals surface area contributed by atoms with Crippen LogP contribution in [0, 0.1) is 11.3 Å². The van der Waals surface area contributed by atoms with Gasteiger partial charge in [-0.2, -0.15) is 0 Å². The highest BCUT2D eigenvalue weighted by molar-refractivity contribution is 7.85. The number of carbonyl (C=O) groups is 2. The molecule has 0 saturated heterocycles. The summed E-state index contributed by atoms with van der Waals surface area (Å²) in [6.45, 7) is 6.89. The minimum absolute atomic E-state index is 0.149. The Morgan fingerprint density at radius 3 is 2.79 bits per heavy atom. The van der Waals surface area contributed by atoms with Crippen LogP contribution in [0.25, 0.3) is 10.2 Å². The van der Waals surface area contributed by atoms with Gasteiger partial charge in [0.1, 0.15) is 22.1 Å². The number of aldehydes is 1. The lowest BCUT2D eigenvalue weighted by molar-refractivity contribution is -0.108. The van der Waals surface area contributed by atoms with E-state index in [2.05, 4.69) is 36.9 Å². The van der Waals surface area contributed by atoms with E-state index >= 15 is 0 Å². The number of amides is 1. The molecule has 2 aromatic heterocycles. The van der Waals surface area contributed by atoms with Gasteiger partial charge in [0.2, 0.25) is 0 Å². The van der Waals surface area contributed by atoms with Crippen molar-refractivity contribution >= 4 is 50.4 Å². The normalized spacial score (nSPS) is 17.6. The molecule has 0 radical (unpaired) electrons. The van der Waals surface area contributed by atoms with Crippen LogP contribution in [0.3, 0.4) is 0 Å². The van der Waals surface area contributed by atoms with Crippen LogP contribution in [0.15, 0.2) is 36.4 Å². The van der Waals surface area contributed by atoms with E-state index in [1.165, 1.54) is 16.9 Å². The lowest BCUT2D eigenvalue weighted by Crippen LogP contribution is -2.28. The number of nitrogens with zero attached hydrogens (tertiary/aromatic N) is 1. The molecule has 1 aliphatic rings. The highest BCUT2D eigenvalue weighted by Crippen LogP contribution is 2.38. The van der Waals surface area contributed by atoms with Gasteiger partial charge < -0.3 is 14.8 Å². The topological polar surface area (TPSA) is 88.2 Å². The maximum Gasteiger partial charge on any atom is 0.261 e. The van der Waals surface area contributed by atoms with Crippen molar-refractivity contribution in [2.75, 3.05) is 11.0 Å². The first-order valence-electron chi connectivity index (χ1n) is 11.5. The highest BCUT2D eigenvalue weighted by Gasteiger charge is 2.30. The van der Waals surface area contributed by atoms with Gasteiger partial charge in [-0.15, -0.1) is 11.3 Å². The summed E-state index contributed by atoms with van der Waals surface area (Å²) >= 11 is 1.39. The van der Waals surface area contributed by atoms with Crippen LogP contribution in [0.4, 0.5) is 5.69 Å². The summed E-state index contributed by atoms with van der Waals surface area (Å²) in [5.74, 6) is 0.401. The molecule has 0 fully saturated rings. The van der Waals surface area contributed by atoms with Crippen molar-refractivity contribution < 1.29 is 13.8 Å². The molecule has 4 rings (SSSR count). The number of aryl methyl sites for hydroxylation is 1. The van der Waals surface area contributed by atoms with Crippen LogP contribution >= 0.6 is 11.3 Å². The van der Waals surface area contributed by atoms with Gasteiger partial charge >= 0.3 is 0 Å². The van der Waals surface area contributed by atoms with Crippen LogP contribution in [-0.2, 0) is 28.6 Å². The third-order valence-electron chi connectivity index (χ3n) is 6.51. The number of carbonyl (C=O) groups excluding carboxylic acids is 2. The molecule has 1 amide bonds. The highest BCUT2D eigenvalue weighted by atomic mass is 32.2. The predicted octanol–water partition coefficient (Wildman–Crippen LogP) is 5.21. The second-order valence-corrected chi connectivity index (χ2v) is 12.2. The van der Waals surface area contributed by atoms with Gasteiger partial charge in [0.05, 0.1) is 10.9 Å². The number of anilines is 1. The van der Waals surface area contributed by atoms with Crippen LogP contribution in [0.5, 0.6) is 0 Å².